The number of likely N-dealkylation sites (tertiary alicyclic amines) is 1. The lowest BCUT2D eigenvalue weighted by atomic mass is 10.0. The first-order valence-corrected chi connectivity index (χ1v) is 8.73. The van der Waals surface area contributed by atoms with Gasteiger partial charge >= 0.3 is 0 Å². The minimum absolute atomic E-state index is 0.186. The highest BCUT2D eigenvalue weighted by molar-refractivity contribution is 6.30. The van der Waals surface area contributed by atoms with Gasteiger partial charge in [0.2, 0.25) is 5.91 Å². The summed E-state index contributed by atoms with van der Waals surface area (Å²) in [5.74, 6) is 1.07. The normalized spacial score (nSPS) is 17.1. The lowest BCUT2D eigenvalue weighted by Crippen LogP contribution is -2.30. The second-order valence-electron chi connectivity index (χ2n) is 6.14. The highest BCUT2D eigenvalue weighted by Gasteiger charge is 2.29. The van der Waals surface area contributed by atoms with Crippen LogP contribution in [0.1, 0.15) is 36.4 Å². The van der Waals surface area contributed by atoms with Crippen molar-refractivity contribution in [2.45, 2.75) is 31.7 Å². The molecule has 1 saturated heterocycles. The molecule has 0 spiro atoms. The van der Waals surface area contributed by atoms with Gasteiger partial charge in [0, 0.05) is 18.0 Å². The highest BCUT2D eigenvalue weighted by Crippen LogP contribution is 2.33. The molecule has 24 heavy (non-hydrogen) atoms. The van der Waals surface area contributed by atoms with Crippen LogP contribution >= 0.6 is 11.6 Å². The van der Waals surface area contributed by atoms with Crippen molar-refractivity contribution in [1.82, 2.24) is 4.90 Å². The van der Waals surface area contributed by atoms with Crippen LogP contribution in [0.4, 0.5) is 0 Å². The fourth-order valence-electron chi connectivity index (χ4n) is 3.28. The number of aryl methyl sites for hydroxylation is 1. The van der Waals surface area contributed by atoms with Crippen LogP contribution in [0.25, 0.3) is 0 Å². The Morgan fingerprint density at radius 3 is 2.54 bits per heavy atom. The standard InChI is InChI=1S/C20H22ClNO2/c1-24-18-11-4-15(5-12-18)6-13-20(23)22-14-2-3-19(22)16-7-9-17(21)10-8-16/h4-5,7-12,19H,2-3,6,13-14H2,1H3/t19-/m1/s1. The first kappa shape index (κ1) is 16.8. The van der Waals surface area contributed by atoms with Crippen molar-refractivity contribution >= 4 is 17.5 Å². The van der Waals surface area contributed by atoms with Gasteiger partial charge in [-0.1, -0.05) is 35.9 Å². The maximum Gasteiger partial charge on any atom is 0.223 e. The Balaban J connectivity index is 1.61. The Morgan fingerprint density at radius 2 is 1.88 bits per heavy atom. The van der Waals surface area contributed by atoms with E-state index < -0.39 is 0 Å². The van der Waals surface area contributed by atoms with Crippen molar-refractivity contribution in [2.24, 2.45) is 0 Å². The van der Waals surface area contributed by atoms with Crippen molar-refractivity contribution in [3.8, 4) is 5.75 Å². The number of carbonyl (C=O) groups excluding carboxylic acids is 1. The van der Waals surface area contributed by atoms with Crippen molar-refractivity contribution < 1.29 is 9.53 Å². The first-order valence-electron chi connectivity index (χ1n) is 8.35. The quantitative estimate of drug-likeness (QED) is 0.791. The van der Waals surface area contributed by atoms with E-state index in [4.69, 9.17) is 16.3 Å². The Labute approximate surface area is 148 Å². The van der Waals surface area contributed by atoms with Gasteiger partial charge in [-0.3, -0.25) is 4.79 Å². The number of rotatable bonds is 5. The highest BCUT2D eigenvalue weighted by atomic mass is 35.5. The summed E-state index contributed by atoms with van der Waals surface area (Å²) in [6.45, 7) is 0.842. The zero-order valence-corrected chi connectivity index (χ0v) is 14.6. The van der Waals surface area contributed by atoms with E-state index in [-0.39, 0.29) is 11.9 Å². The van der Waals surface area contributed by atoms with Crippen LogP contribution < -0.4 is 4.74 Å². The third kappa shape index (κ3) is 3.90. The molecular formula is C20H22ClNO2. The summed E-state index contributed by atoms with van der Waals surface area (Å²) < 4.78 is 5.16. The van der Waals surface area contributed by atoms with Gasteiger partial charge in [0.05, 0.1) is 13.2 Å². The number of nitrogens with zero attached hydrogens (tertiary/aromatic N) is 1. The molecule has 1 amide bonds. The second-order valence-corrected chi connectivity index (χ2v) is 6.58. The molecule has 1 heterocycles. The average Bonchev–Trinajstić information content (AvgIpc) is 3.10. The lowest BCUT2D eigenvalue weighted by molar-refractivity contribution is -0.132. The molecule has 0 bridgehead atoms. The summed E-state index contributed by atoms with van der Waals surface area (Å²) in [7, 11) is 1.66. The van der Waals surface area contributed by atoms with Gasteiger partial charge in [0.1, 0.15) is 5.75 Å². The number of amides is 1. The number of hydrogen-bond donors (Lipinski definition) is 0. The predicted octanol–water partition coefficient (Wildman–Crippen LogP) is 4.64. The van der Waals surface area contributed by atoms with Gasteiger partial charge in [-0.05, 0) is 54.7 Å². The summed E-state index contributed by atoms with van der Waals surface area (Å²) in [4.78, 5) is 14.7. The fourth-order valence-corrected chi connectivity index (χ4v) is 3.41. The molecule has 3 rings (SSSR count). The van der Waals surface area contributed by atoms with Crippen molar-refractivity contribution in [3.63, 3.8) is 0 Å². The fraction of sp³-hybridized carbons (Fsp3) is 0.350. The molecule has 1 atom stereocenters. The Bertz CT molecular complexity index is 682. The van der Waals surface area contributed by atoms with Crippen LogP contribution in [0, 0.1) is 0 Å². The molecule has 0 aromatic heterocycles. The van der Waals surface area contributed by atoms with Crippen LogP contribution in [0.2, 0.25) is 5.02 Å². The Morgan fingerprint density at radius 1 is 1.17 bits per heavy atom. The van der Waals surface area contributed by atoms with Gasteiger partial charge in [0.15, 0.2) is 0 Å². The van der Waals surface area contributed by atoms with Crippen LogP contribution in [-0.2, 0) is 11.2 Å². The summed E-state index contributed by atoms with van der Waals surface area (Å²) in [6, 6.07) is 16.0. The third-order valence-corrected chi connectivity index (χ3v) is 4.87. The minimum atomic E-state index is 0.186. The molecule has 0 unspecified atom stereocenters. The Kier molecular flexibility index (Phi) is 5.41. The molecular weight excluding hydrogens is 322 g/mol. The van der Waals surface area contributed by atoms with Crippen LogP contribution in [0.3, 0.4) is 0 Å². The summed E-state index contributed by atoms with van der Waals surface area (Å²) in [5.41, 5.74) is 2.33. The van der Waals surface area contributed by atoms with E-state index >= 15 is 0 Å². The van der Waals surface area contributed by atoms with E-state index in [1.807, 2.05) is 53.4 Å². The average molecular weight is 344 g/mol. The minimum Gasteiger partial charge on any atom is -0.497 e. The predicted molar refractivity (Wildman–Crippen MR) is 96.5 cm³/mol. The zero-order chi connectivity index (χ0) is 16.9. The van der Waals surface area contributed by atoms with Crippen molar-refractivity contribution in [3.05, 3.63) is 64.7 Å². The molecule has 2 aromatic carbocycles. The van der Waals surface area contributed by atoms with Crippen molar-refractivity contribution in [2.75, 3.05) is 13.7 Å². The van der Waals surface area contributed by atoms with E-state index in [0.717, 1.165) is 42.1 Å². The monoisotopic (exact) mass is 343 g/mol. The summed E-state index contributed by atoms with van der Waals surface area (Å²) in [6.07, 6.45) is 3.38. The summed E-state index contributed by atoms with van der Waals surface area (Å²) >= 11 is 5.97. The molecule has 0 aliphatic carbocycles. The molecule has 2 aromatic rings. The number of halogens is 1. The van der Waals surface area contributed by atoms with Gasteiger partial charge in [-0.25, -0.2) is 0 Å². The Hall–Kier alpha value is -2.00. The van der Waals surface area contributed by atoms with E-state index in [2.05, 4.69) is 0 Å². The van der Waals surface area contributed by atoms with Gasteiger partial charge in [0.25, 0.3) is 0 Å². The number of carbonyl (C=O) groups is 1. The van der Waals surface area contributed by atoms with Gasteiger partial charge in [-0.2, -0.15) is 0 Å². The van der Waals surface area contributed by atoms with Gasteiger partial charge < -0.3 is 9.64 Å². The molecule has 1 aliphatic heterocycles. The number of benzene rings is 2. The molecule has 4 heteroatoms. The zero-order valence-electron chi connectivity index (χ0n) is 13.9. The molecule has 3 nitrogen and oxygen atoms in total. The smallest absolute Gasteiger partial charge is 0.223 e. The van der Waals surface area contributed by atoms with Crippen LogP contribution in [-0.4, -0.2) is 24.5 Å². The SMILES string of the molecule is COc1ccc(CCC(=O)N2CCC[C@@H]2c2ccc(Cl)cc2)cc1. The van der Waals surface area contributed by atoms with E-state index in [1.165, 1.54) is 5.56 Å². The molecule has 1 aliphatic rings. The van der Waals surface area contributed by atoms with E-state index in [1.54, 1.807) is 7.11 Å². The number of hydrogen-bond acceptors (Lipinski definition) is 2. The molecule has 0 N–H and O–H groups in total. The largest absolute Gasteiger partial charge is 0.497 e. The number of ether oxygens (including phenoxy) is 1. The maximum absolute atomic E-state index is 12.7. The lowest BCUT2D eigenvalue weighted by Gasteiger charge is -2.25. The number of methoxy groups -OCH3 is 1. The topological polar surface area (TPSA) is 29.5 Å². The maximum atomic E-state index is 12.7. The van der Waals surface area contributed by atoms with Crippen LogP contribution in [0.15, 0.2) is 48.5 Å². The molecule has 0 radical (unpaired) electrons. The molecule has 1 fully saturated rings. The molecule has 0 saturated carbocycles. The van der Waals surface area contributed by atoms with Crippen LogP contribution in [0.5, 0.6) is 5.75 Å². The second kappa shape index (κ2) is 7.71. The molecule has 126 valence electrons. The first-order chi connectivity index (χ1) is 11.7. The summed E-state index contributed by atoms with van der Waals surface area (Å²) in [5, 5.41) is 0.731. The van der Waals surface area contributed by atoms with Crippen molar-refractivity contribution in [1.29, 1.82) is 0 Å². The van der Waals surface area contributed by atoms with Gasteiger partial charge in [-0.15, -0.1) is 0 Å². The van der Waals surface area contributed by atoms with E-state index in [9.17, 15) is 4.79 Å². The third-order valence-electron chi connectivity index (χ3n) is 4.61. The van der Waals surface area contributed by atoms with E-state index in [0.29, 0.717) is 6.42 Å².